The maximum atomic E-state index is 12.5. The average molecular weight is 397 g/mol. The highest BCUT2D eigenvalue weighted by Crippen LogP contribution is 2.42. The number of nitrogen functional groups attached to an aromatic ring is 1. The number of ether oxygens (including phenoxy) is 1. The van der Waals surface area contributed by atoms with Crippen LogP contribution < -0.4 is 5.73 Å². The lowest BCUT2D eigenvalue weighted by Gasteiger charge is -2.18. The Bertz CT molecular complexity index is 752. The molecule has 0 fully saturated rings. The second kappa shape index (κ2) is 10.7. The van der Waals surface area contributed by atoms with Crippen LogP contribution in [0.15, 0.2) is 12.7 Å². The van der Waals surface area contributed by atoms with Crippen molar-refractivity contribution in [1.29, 1.82) is 0 Å². The van der Waals surface area contributed by atoms with Gasteiger partial charge in [-0.1, -0.05) is 39.0 Å². The smallest absolute Gasteiger partial charge is 0.225 e. The van der Waals surface area contributed by atoms with Gasteiger partial charge in [-0.2, -0.15) is 0 Å². The van der Waals surface area contributed by atoms with Crippen molar-refractivity contribution in [3.05, 3.63) is 12.7 Å². The second-order valence-electron chi connectivity index (χ2n) is 7.05. The minimum Gasteiger partial charge on any atom is -0.382 e. The lowest BCUT2D eigenvalue weighted by Crippen LogP contribution is -2.17. The number of hydrogen-bond acceptors (Lipinski definition) is 7. The van der Waals surface area contributed by atoms with Crippen molar-refractivity contribution in [2.45, 2.75) is 65.0 Å². The number of hydrogen-bond donors (Lipinski definition) is 1. The Balaban J connectivity index is 1.71. The minimum absolute atomic E-state index is 0.105. The molecule has 9 heteroatoms. The summed E-state index contributed by atoms with van der Waals surface area (Å²) in [6.07, 6.45) is 10.1. The third-order valence-corrected chi connectivity index (χ3v) is 5.69. The summed E-state index contributed by atoms with van der Waals surface area (Å²) in [7, 11) is -2.75. The van der Waals surface area contributed by atoms with Crippen LogP contribution in [0.25, 0.3) is 11.2 Å². The van der Waals surface area contributed by atoms with Crippen LogP contribution in [-0.4, -0.2) is 45.2 Å². The third kappa shape index (κ3) is 7.20. The van der Waals surface area contributed by atoms with E-state index in [0.29, 0.717) is 30.1 Å². The van der Waals surface area contributed by atoms with Crippen LogP contribution in [0, 0.1) is 0 Å². The van der Waals surface area contributed by atoms with Gasteiger partial charge in [0.05, 0.1) is 25.6 Å². The fourth-order valence-electron chi connectivity index (χ4n) is 2.80. The topological polar surface area (TPSA) is 105 Å². The Morgan fingerprint density at radius 3 is 2.70 bits per heavy atom. The molecule has 0 radical (unpaired) electrons. The van der Waals surface area contributed by atoms with Gasteiger partial charge in [-0.15, -0.1) is 0 Å². The number of rotatable bonds is 13. The van der Waals surface area contributed by atoms with E-state index < -0.39 is 7.37 Å². The quantitative estimate of drug-likeness (QED) is 0.401. The van der Waals surface area contributed by atoms with Gasteiger partial charge in [0.2, 0.25) is 7.37 Å². The van der Waals surface area contributed by atoms with Crippen LogP contribution in [-0.2, 0) is 20.4 Å². The van der Waals surface area contributed by atoms with E-state index >= 15 is 0 Å². The van der Waals surface area contributed by atoms with Gasteiger partial charge in [0.25, 0.3) is 0 Å². The van der Waals surface area contributed by atoms with Gasteiger partial charge in [-0.05, 0) is 13.3 Å². The molecule has 2 heterocycles. The molecule has 27 heavy (non-hydrogen) atoms. The Morgan fingerprint density at radius 2 is 1.93 bits per heavy atom. The molecule has 0 bridgehead atoms. The number of aromatic nitrogens is 4. The number of fused-ring (bicyclic) bond motifs is 1. The first-order valence-corrected chi connectivity index (χ1v) is 11.9. The zero-order valence-corrected chi connectivity index (χ0v) is 17.5. The van der Waals surface area contributed by atoms with E-state index in [4.69, 9.17) is 15.0 Å². The Hall–Kier alpha value is -1.50. The van der Waals surface area contributed by atoms with E-state index in [9.17, 15) is 4.57 Å². The number of unbranched alkanes of at least 4 members (excludes halogenated alkanes) is 5. The zero-order chi connectivity index (χ0) is 19.7. The number of nitrogens with two attached hydrogens (primary N) is 1. The SMILES string of the molecule is CCCCCCCCOP(C)(=O)CO[C@H](C)Cn1cnc2c(N)ncnc21. The van der Waals surface area contributed by atoms with E-state index in [1.807, 2.05) is 11.5 Å². The third-order valence-electron chi connectivity index (χ3n) is 4.34. The summed E-state index contributed by atoms with van der Waals surface area (Å²) in [6.45, 7) is 6.82. The van der Waals surface area contributed by atoms with Crippen molar-refractivity contribution in [1.82, 2.24) is 19.5 Å². The molecule has 0 aliphatic carbocycles. The average Bonchev–Trinajstić information content (AvgIpc) is 3.04. The molecule has 0 aromatic carbocycles. The highest BCUT2D eigenvalue weighted by Gasteiger charge is 2.19. The van der Waals surface area contributed by atoms with Gasteiger partial charge < -0.3 is 19.6 Å². The van der Waals surface area contributed by atoms with Crippen LogP contribution >= 0.6 is 7.37 Å². The molecular weight excluding hydrogens is 365 g/mol. The Morgan fingerprint density at radius 1 is 1.19 bits per heavy atom. The molecule has 2 aromatic rings. The summed E-state index contributed by atoms with van der Waals surface area (Å²) >= 11 is 0. The molecule has 0 spiro atoms. The summed E-state index contributed by atoms with van der Waals surface area (Å²) < 4.78 is 25.7. The van der Waals surface area contributed by atoms with Crippen molar-refractivity contribution in [3.8, 4) is 0 Å². The standard InChI is InChI=1S/C18H32N5O3P/c1-4-5-6-7-8-9-10-26-27(3,24)14-25-15(2)11-23-13-22-16-17(19)20-12-21-18(16)23/h12-13,15H,4-11,14H2,1-3H3,(H2,19,20,21)/t15-,27?/m1/s1. The van der Waals surface area contributed by atoms with Crippen molar-refractivity contribution >= 4 is 24.4 Å². The van der Waals surface area contributed by atoms with Crippen LogP contribution in [0.1, 0.15) is 52.4 Å². The largest absolute Gasteiger partial charge is 0.382 e. The molecule has 0 aliphatic rings. The van der Waals surface area contributed by atoms with Crippen molar-refractivity contribution in [2.75, 3.05) is 25.4 Å². The monoisotopic (exact) mass is 397 g/mol. The van der Waals surface area contributed by atoms with Gasteiger partial charge in [-0.25, -0.2) is 15.0 Å². The molecule has 0 saturated carbocycles. The summed E-state index contributed by atoms with van der Waals surface area (Å²) in [5.41, 5.74) is 7.04. The molecule has 8 nitrogen and oxygen atoms in total. The molecular formula is C18H32N5O3P. The van der Waals surface area contributed by atoms with E-state index in [-0.39, 0.29) is 12.5 Å². The predicted octanol–water partition coefficient (Wildman–Crippen LogP) is 4.06. The van der Waals surface area contributed by atoms with Crippen LogP contribution in [0.3, 0.4) is 0 Å². The predicted molar refractivity (Wildman–Crippen MR) is 108 cm³/mol. The van der Waals surface area contributed by atoms with E-state index in [0.717, 1.165) is 12.8 Å². The lowest BCUT2D eigenvalue weighted by atomic mass is 10.1. The molecule has 0 aliphatic heterocycles. The van der Waals surface area contributed by atoms with Gasteiger partial charge >= 0.3 is 0 Å². The van der Waals surface area contributed by atoms with Crippen LogP contribution in [0.5, 0.6) is 0 Å². The van der Waals surface area contributed by atoms with E-state index in [1.54, 1.807) is 13.0 Å². The van der Waals surface area contributed by atoms with Gasteiger partial charge in [0, 0.05) is 6.66 Å². The van der Waals surface area contributed by atoms with Crippen molar-refractivity contribution in [3.63, 3.8) is 0 Å². The fourth-order valence-corrected chi connectivity index (χ4v) is 3.92. The molecule has 2 rings (SSSR count). The van der Waals surface area contributed by atoms with Crippen LogP contribution in [0.2, 0.25) is 0 Å². The summed E-state index contributed by atoms with van der Waals surface area (Å²) in [6, 6.07) is 0. The number of nitrogens with zero attached hydrogens (tertiary/aromatic N) is 4. The maximum Gasteiger partial charge on any atom is 0.225 e. The molecule has 152 valence electrons. The van der Waals surface area contributed by atoms with Crippen LogP contribution in [0.4, 0.5) is 5.82 Å². The van der Waals surface area contributed by atoms with Crippen molar-refractivity contribution < 1.29 is 13.8 Å². The fraction of sp³-hybridized carbons (Fsp3) is 0.722. The molecule has 2 N–H and O–H groups in total. The van der Waals surface area contributed by atoms with Gasteiger partial charge in [0.1, 0.15) is 18.2 Å². The Labute approximate surface area is 161 Å². The zero-order valence-electron chi connectivity index (χ0n) is 16.6. The normalized spacial score (nSPS) is 15.1. The highest BCUT2D eigenvalue weighted by molar-refractivity contribution is 7.57. The first-order chi connectivity index (χ1) is 12.9. The maximum absolute atomic E-state index is 12.5. The number of anilines is 1. The van der Waals surface area contributed by atoms with E-state index in [2.05, 4.69) is 21.9 Å². The molecule has 2 aromatic heterocycles. The first-order valence-electron chi connectivity index (χ1n) is 9.67. The molecule has 2 atom stereocenters. The lowest BCUT2D eigenvalue weighted by molar-refractivity contribution is 0.0799. The summed E-state index contributed by atoms with van der Waals surface area (Å²) in [4.78, 5) is 12.4. The Kier molecular flexibility index (Phi) is 8.67. The van der Waals surface area contributed by atoms with Gasteiger partial charge in [-0.3, -0.25) is 4.57 Å². The van der Waals surface area contributed by atoms with Crippen molar-refractivity contribution in [2.24, 2.45) is 0 Å². The number of imidazole rings is 1. The highest BCUT2D eigenvalue weighted by atomic mass is 31.2. The second-order valence-corrected chi connectivity index (χ2v) is 9.59. The van der Waals surface area contributed by atoms with Gasteiger partial charge in [0.15, 0.2) is 11.5 Å². The van der Waals surface area contributed by atoms with E-state index in [1.165, 1.54) is 32.0 Å². The molecule has 0 amide bonds. The summed E-state index contributed by atoms with van der Waals surface area (Å²) in [5, 5.41) is 0. The summed E-state index contributed by atoms with van der Waals surface area (Å²) in [5.74, 6) is 0.355. The molecule has 0 saturated heterocycles. The minimum atomic E-state index is -2.75. The molecule has 1 unspecified atom stereocenters. The first kappa shape index (κ1) is 21.8.